The van der Waals surface area contributed by atoms with Gasteiger partial charge in [0.2, 0.25) is 5.91 Å². The predicted molar refractivity (Wildman–Crippen MR) is 83.4 cm³/mol. The van der Waals surface area contributed by atoms with Crippen LogP contribution in [-0.4, -0.2) is 20.9 Å². The van der Waals surface area contributed by atoms with Crippen LogP contribution < -0.4 is 5.32 Å². The molecule has 7 heteroatoms. The number of halogens is 2. The summed E-state index contributed by atoms with van der Waals surface area (Å²) in [6.45, 7) is 5.50. The van der Waals surface area contributed by atoms with Gasteiger partial charge in [-0.15, -0.1) is 0 Å². The number of aromatic nitrogens is 3. The van der Waals surface area contributed by atoms with Gasteiger partial charge < -0.3 is 5.32 Å². The largest absolute Gasteiger partial charge is 0.310 e. The van der Waals surface area contributed by atoms with Crippen molar-refractivity contribution < 1.29 is 4.79 Å². The van der Waals surface area contributed by atoms with Crippen LogP contribution in [-0.2, 0) is 4.79 Å². The van der Waals surface area contributed by atoms with Gasteiger partial charge in [-0.1, -0.05) is 44.0 Å². The van der Waals surface area contributed by atoms with E-state index >= 15 is 0 Å². The highest BCUT2D eigenvalue weighted by Crippen LogP contribution is 2.21. The SMILES string of the molecule is CC(C)(C)C(=O)Nc1ccc(-c2nc(Cl)cc(Cl)n2)cn1. The number of nitrogens with zero attached hydrogens (tertiary/aromatic N) is 3. The van der Waals surface area contributed by atoms with Crippen LogP contribution >= 0.6 is 23.2 Å². The van der Waals surface area contributed by atoms with E-state index in [0.717, 1.165) is 0 Å². The number of carbonyl (C=O) groups excluding carboxylic acids is 1. The van der Waals surface area contributed by atoms with Gasteiger partial charge >= 0.3 is 0 Å². The van der Waals surface area contributed by atoms with Gasteiger partial charge in [0.05, 0.1) is 0 Å². The van der Waals surface area contributed by atoms with Crippen LogP contribution in [0.1, 0.15) is 20.8 Å². The molecule has 0 atom stereocenters. The first-order valence-electron chi connectivity index (χ1n) is 6.24. The van der Waals surface area contributed by atoms with Crippen LogP contribution in [0.3, 0.4) is 0 Å². The minimum absolute atomic E-state index is 0.107. The van der Waals surface area contributed by atoms with Gasteiger partial charge in [0.25, 0.3) is 0 Å². The highest BCUT2D eigenvalue weighted by molar-refractivity contribution is 6.33. The molecule has 0 radical (unpaired) electrons. The fraction of sp³-hybridized carbons (Fsp3) is 0.286. The van der Waals surface area contributed by atoms with Gasteiger partial charge in [0.15, 0.2) is 5.82 Å². The summed E-state index contributed by atoms with van der Waals surface area (Å²) in [5, 5.41) is 3.26. The summed E-state index contributed by atoms with van der Waals surface area (Å²) in [6.07, 6.45) is 1.56. The average molecular weight is 325 g/mol. The zero-order valence-corrected chi connectivity index (χ0v) is 13.3. The number of nitrogens with one attached hydrogen (secondary N) is 1. The molecule has 0 aromatic carbocycles. The second-order valence-electron chi connectivity index (χ2n) is 5.47. The Balaban J connectivity index is 2.21. The fourth-order valence-corrected chi connectivity index (χ4v) is 1.85. The van der Waals surface area contributed by atoms with Gasteiger partial charge in [0, 0.05) is 23.2 Å². The predicted octanol–water partition coefficient (Wildman–Crippen LogP) is 3.83. The first-order chi connectivity index (χ1) is 9.75. The molecule has 0 fully saturated rings. The maximum Gasteiger partial charge on any atom is 0.230 e. The Labute approximate surface area is 132 Å². The Hall–Kier alpha value is -1.72. The van der Waals surface area contributed by atoms with Crippen molar-refractivity contribution in [3.05, 3.63) is 34.7 Å². The van der Waals surface area contributed by atoms with E-state index in [1.807, 2.05) is 20.8 Å². The lowest BCUT2D eigenvalue weighted by molar-refractivity contribution is -0.123. The quantitative estimate of drug-likeness (QED) is 0.852. The standard InChI is InChI=1S/C14H14Cl2N4O/c1-14(2,3)13(21)20-11-5-4-8(7-17-11)12-18-9(15)6-10(16)19-12/h4-7H,1-3H3,(H,17,20,21). The molecular formula is C14H14Cl2N4O. The highest BCUT2D eigenvalue weighted by Gasteiger charge is 2.21. The molecule has 2 aromatic rings. The summed E-state index contributed by atoms with van der Waals surface area (Å²) >= 11 is 11.7. The molecule has 0 aliphatic heterocycles. The second kappa shape index (κ2) is 5.95. The van der Waals surface area contributed by atoms with Gasteiger partial charge in [-0.3, -0.25) is 4.79 Å². The third-order valence-corrected chi connectivity index (χ3v) is 3.00. The summed E-state index contributed by atoms with van der Waals surface area (Å²) in [6, 6.07) is 4.88. The smallest absolute Gasteiger partial charge is 0.230 e. The molecule has 1 N–H and O–H groups in total. The van der Waals surface area contributed by atoms with Gasteiger partial charge in [0.1, 0.15) is 16.1 Å². The van der Waals surface area contributed by atoms with E-state index in [-0.39, 0.29) is 16.2 Å². The molecule has 2 rings (SSSR count). The van der Waals surface area contributed by atoms with Crippen LogP contribution in [0.15, 0.2) is 24.4 Å². The average Bonchev–Trinajstić information content (AvgIpc) is 2.37. The molecule has 0 aliphatic carbocycles. The Morgan fingerprint density at radius 3 is 2.24 bits per heavy atom. The van der Waals surface area contributed by atoms with E-state index in [2.05, 4.69) is 20.3 Å². The van der Waals surface area contributed by atoms with Crippen LogP contribution in [0.25, 0.3) is 11.4 Å². The Kier molecular flexibility index (Phi) is 4.44. The van der Waals surface area contributed by atoms with Crippen LogP contribution in [0.2, 0.25) is 10.3 Å². The molecule has 0 aliphatic rings. The van der Waals surface area contributed by atoms with E-state index in [4.69, 9.17) is 23.2 Å². The maximum atomic E-state index is 11.9. The topological polar surface area (TPSA) is 67.8 Å². The first kappa shape index (κ1) is 15.7. The van der Waals surface area contributed by atoms with Crippen molar-refractivity contribution in [2.75, 3.05) is 5.32 Å². The summed E-state index contributed by atoms with van der Waals surface area (Å²) in [5.41, 5.74) is 0.178. The van der Waals surface area contributed by atoms with E-state index in [0.29, 0.717) is 17.2 Å². The number of anilines is 1. The van der Waals surface area contributed by atoms with Crippen molar-refractivity contribution in [1.82, 2.24) is 15.0 Å². The van der Waals surface area contributed by atoms with Gasteiger partial charge in [-0.2, -0.15) is 0 Å². The molecule has 2 heterocycles. The molecule has 0 unspecified atom stereocenters. The van der Waals surface area contributed by atoms with E-state index in [1.165, 1.54) is 6.07 Å². The third-order valence-electron chi connectivity index (χ3n) is 2.61. The molecule has 0 spiro atoms. The minimum atomic E-state index is -0.482. The molecule has 0 saturated heterocycles. The second-order valence-corrected chi connectivity index (χ2v) is 6.25. The zero-order chi connectivity index (χ0) is 15.6. The minimum Gasteiger partial charge on any atom is -0.310 e. The molecule has 110 valence electrons. The van der Waals surface area contributed by atoms with Crippen molar-refractivity contribution in [2.45, 2.75) is 20.8 Å². The van der Waals surface area contributed by atoms with Crippen molar-refractivity contribution in [3.8, 4) is 11.4 Å². The van der Waals surface area contributed by atoms with Crippen molar-refractivity contribution in [1.29, 1.82) is 0 Å². The fourth-order valence-electron chi connectivity index (χ4n) is 1.42. The van der Waals surface area contributed by atoms with Crippen molar-refractivity contribution in [3.63, 3.8) is 0 Å². The monoisotopic (exact) mass is 324 g/mol. The number of amides is 1. The highest BCUT2D eigenvalue weighted by atomic mass is 35.5. The lowest BCUT2D eigenvalue weighted by Crippen LogP contribution is -2.27. The Morgan fingerprint density at radius 1 is 1.14 bits per heavy atom. The maximum absolute atomic E-state index is 11.9. The summed E-state index contributed by atoms with van der Waals surface area (Å²) in [7, 11) is 0. The van der Waals surface area contributed by atoms with Crippen LogP contribution in [0.5, 0.6) is 0 Å². The van der Waals surface area contributed by atoms with Crippen molar-refractivity contribution in [2.24, 2.45) is 5.41 Å². The number of pyridine rings is 1. The molecule has 1 amide bonds. The van der Waals surface area contributed by atoms with Gasteiger partial charge in [-0.05, 0) is 12.1 Å². The lowest BCUT2D eigenvalue weighted by atomic mass is 9.96. The normalized spacial score (nSPS) is 11.3. The van der Waals surface area contributed by atoms with E-state index in [9.17, 15) is 4.79 Å². The third kappa shape index (κ3) is 4.12. The molecule has 2 aromatic heterocycles. The van der Waals surface area contributed by atoms with E-state index < -0.39 is 5.41 Å². The van der Waals surface area contributed by atoms with E-state index in [1.54, 1.807) is 18.3 Å². The van der Waals surface area contributed by atoms with Gasteiger partial charge in [-0.25, -0.2) is 15.0 Å². The lowest BCUT2D eigenvalue weighted by Gasteiger charge is -2.17. The molecule has 0 bridgehead atoms. The number of rotatable bonds is 2. The number of hydrogen-bond donors (Lipinski definition) is 1. The van der Waals surface area contributed by atoms with Crippen LogP contribution in [0, 0.1) is 5.41 Å². The molecule has 5 nitrogen and oxygen atoms in total. The molecule has 21 heavy (non-hydrogen) atoms. The van der Waals surface area contributed by atoms with Crippen molar-refractivity contribution >= 4 is 34.9 Å². The number of hydrogen-bond acceptors (Lipinski definition) is 4. The summed E-state index contributed by atoms with van der Waals surface area (Å²) < 4.78 is 0. The Bertz CT molecular complexity index is 645. The summed E-state index contributed by atoms with van der Waals surface area (Å²) in [5.74, 6) is 0.741. The van der Waals surface area contributed by atoms with Crippen LogP contribution in [0.4, 0.5) is 5.82 Å². The molecule has 0 saturated carbocycles. The summed E-state index contributed by atoms with van der Waals surface area (Å²) in [4.78, 5) is 24.2. The molecular weight excluding hydrogens is 311 g/mol. The zero-order valence-electron chi connectivity index (χ0n) is 11.8. The Morgan fingerprint density at radius 2 is 1.76 bits per heavy atom. The first-order valence-corrected chi connectivity index (χ1v) is 6.99. The number of carbonyl (C=O) groups is 1.